The number of anilines is 1. The topological polar surface area (TPSA) is 29.3 Å². The Balaban J connectivity index is 1.98. The van der Waals surface area contributed by atoms with Crippen LogP contribution in [0.25, 0.3) is 0 Å². The fourth-order valence-corrected chi connectivity index (χ4v) is 4.27. The molecule has 0 aromatic heterocycles. The van der Waals surface area contributed by atoms with Gasteiger partial charge >= 0.3 is 0 Å². The van der Waals surface area contributed by atoms with Gasteiger partial charge in [-0.3, -0.25) is 0 Å². The number of benzene rings is 1. The first kappa shape index (κ1) is 12.8. The summed E-state index contributed by atoms with van der Waals surface area (Å²) in [5.41, 5.74) is 8.48. The van der Waals surface area contributed by atoms with E-state index in [0.717, 1.165) is 27.9 Å². The van der Waals surface area contributed by atoms with Crippen molar-refractivity contribution in [3.05, 3.63) is 27.2 Å². The highest BCUT2D eigenvalue weighted by Crippen LogP contribution is 2.43. The van der Waals surface area contributed by atoms with Crippen molar-refractivity contribution in [3.63, 3.8) is 0 Å². The SMILES string of the molecule is Cc1cc(Br)c(N2C3CCC2CC(N)C3)cc1Cl. The van der Waals surface area contributed by atoms with Crippen LogP contribution in [0, 0.1) is 6.92 Å². The maximum atomic E-state index is 6.28. The van der Waals surface area contributed by atoms with Crippen molar-refractivity contribution in [3.8, 4) is 0 Å². The molecule has 2 saturated heterocycles. The molecule has 0 saturated carbocycles. The number of hydrogen-bond donors (Lipinski definition) is 1. The summed E-state index contributed by atoms with van der Waals surface area (Å²) in [5.74, 6) is 0. The lowest BCUT2D eigenvalue weighted by Gasteiger charge is -2.40. The highest BCUT2D eigenvalue weighted by Gasteiger charge is 2.40. The molecule has 4 heteroatoms. The Hall–Kier alpha value is -0.250. The molecule has 0 amide bonds. The van der Waals surface area contributed by atoms with Crippen LogP contribution in [-0.2, 0) is 0 Å². The molecule has 2 bridgehead atoms. The number of nitrogens with two attached hydrogens (primary N) is 1. The van der Waals surface area contributed by atoms with Crippen LogP contribution in [0.2, 0.25) is 5.02 Å². The second kappa shape index (κ2) is 4.69. The Morgan fingerprint density at radius 1 is 1.28 bits per heavy atom. The molecule has 2 atom stereocenters. The zero-order valence-electron chi connectivity index (χ0n) is 10.5. The lowest BCUT2D eigenvalue weighted by atomic mass is 9.97. The molecule has 2 aliphatic rings. The van der Waals surface area contributed by atoms with Gasteiger partial charge in [0.05, 0.1) is 5.69 Å². The van der Waals surface area contributed by atoms with Crippen LogP contribution in [0.3, 0.4) is 0 Å². The molecule has 2 fully saturated rings. The second-order valence-electron chi connectivity index (χ2n) is 5.58. The normalized spacial score (nSPS) is 30.9. The third-order valence-electron chi connectivity index (χ3n) is 4.28. The number of halogens is 2. The van der Waals surface area contributed by atoms with Gasteiger partial charge in [0.2, 0.25) is 0 Å². The predicted molar refractivity (Wildman–Crippen MR) is 80.4 cm³/mol. The summed E-state index contributed by atoms with van der Waals surface area (Å²) < 4.78 is 1.15. The highest BCUT2D eigenvalue weighted by atomic mass is 79.9. The minimum absolute atomic E-state index is 0.374. The average molecular weight is 330 g/mol. The largest absolute Gasteiger partial charge is 0.364 e. The van der Waals surface area contributed by atoms with Gasteiger partial charge < -0.3 is 10.6 Å². The molecule has 2 nitrogen and oxygen atoms in total. The number of fused-ring (bicyclic) bond motifs is 2. The number of piperidine rings is 1. The van der Waals surface area contributed by atoms with Gasteiger partial charge in [-0.25, -0.2) is 0 Å². The van der Waals surface area contributed by atoms with Crippen LogP contribution < -0.4 is 10.6 Å². The fraction of sp³-hybridized carbons (Fsp3) is 0.571. The number of rotatable bonds is 1. The Labute approximate surface area is 122 Å². The average Bonchev–Trinajstić information content (AvgIpc) is 2.56. The summed E-state index contributed by atoms with van der Waals surface area (Å²) in [5, 5.41) is 0.850. The molecular formula is C14H18BrClN2. The Bertz CT molecular complexity index is 463. The summed E-state index contributed by atoms with van der Waals surface area (Å²) in [7, 11) is 0. The molecule has 0 radical (unpaired) electrons. The molecule has 3 rings (SSSR count). The van der Waals surface area contributed by atoms with E-state index < -0.39 is 0 Å². The van der Waals surface area contributed by atoms with Crippen LogP contribution in [0.5, 0.6) is 0 Å². The van der Waals surface area contributed by atoms with Gasteiger partial charge in [-0.05, 0) is 66.2 Å². The second-order valence-corrected chi connectivity index (χ2v) is 6.84. The van der Waals surface area contributed by atoms with E-state index in [1.807, 2.05) is 6.92 Å². The van der Waals surface area contributed by atoms with Crippen LogP contribution in [-0.4, -0.2) is 18.1 Å². The molecule has 98 valence electrons. The first-order valence-electron chi connectivity index (χ1n) is 6.56. The Morgan fingerprint density at radius 2 is 1.89 bits per heavy atom. The molecule has 2 aliphatic heterocycles. The standard InChI is InChI=1S/C14H18BrClN2/c1-8-4-12(15)14(7-13(8)16)18-10-2-3-11(18)6-9(17)5-10/h4,7,9-11H,2-3,5-6,17H2,1H3. The van der Waals surface area contributed by atoms with E-state index in [1.165, 1.54) is 18.5 Å². The van der Waals surface area contributed by atoms with Crippen molar-refractivity contribution in [1.29, 1.82) is 0 Å². The minimum Gasteiger partial charge on any atom is -0.364 e. The molecule has 2 N–H and O–H groups in total. The highest BCUT2D eigenvalue weighted by molar-refractivity contribution is 9.10. The van der Waals surface area contributed by atoms with Crippen molar-refractivity contribution in [2.24, 2.45) is 5.73 Å². The summed E-state index contributed by atoms with van der Waals surface area (Å²) in [6.07, 6.45) is 4.73. The molecule has 18 heavy (non-hydrogen) atoms. The van der Waals surface area contributed by atoms with E-state index in [9.17, 15) is 0 Å². The van der Waals surface area contributed by atoms with Crippen molar-refractivity contribution in [2.45, 2.75) is 50.7 Å². The maximum Gasteiger partial charge on any atom is 0.0530 e. The van der Waals surface area contributed by atoms with E-state index >= 15 is 0 Å². The molecule has 2 heterocycles. The van der Waals surface area contributed by atoms with E-state index in [1.54, 1.807) is 0 Å². The third kappa shape index (κ3) is 2.06. The predicted octanol–water partition coefficient (Wildman–Crippen LogP) is 3.87. The number of aryl methyl sites for hydroxylation is 1. The van der Waals surface area contributed by atoms with Gasteiger partial charge in [0.1, 0.15) is 0 Å². The van der Waals surface area contributed by atoms with Gasteiger partial charge in [-0.1, -0.05) is 11.6 Å². The van der Waals surface area contributed by atoms with E-state index in [0.29, 0.717) is 18.1 Å². The maximum absolute atomic E-state index is 6.28. The van der Waals surface area contributed by atoms with Crippen molar-refractivity contribution in [1.82, 2.24) is 0 Å². The van der Waals surface area contributed by atoms with Gasteiger partial charge in [-0.2, -0.15) is 0 Å². The van der Waals surface area contributed by atoms with Crippen LogP contribution >= 0.6 is 27.5 Å². The molecule has 2 unspecified atom stereocenters. The quantitative estimate of drug-likeness (QED) is 0.847. The van der Waals surface area contributed by atoms with Gasteiger partial charge in [0.15, 0.2) is 0 Å². The van der Waals surface area contributed by atoms with E-state index in [4.69, 9.17) is 17.3 Å². The lowest BCUT2D eigenvalue weighted by Crippen LogP contribution is -2.47. The zero-order chi connectivity index (χ0) is 12.9. The molecule has 1 aromatic carbocycles. The molecule has 1 aromatic rings. The minimum atomic E-state index is 0.374. The van der Waals surface area contributed by atoms with Crippen molar-refractivity contribution >= 4 is 33.2 Å². The summed E-state index contributed by atoms with van der Waals surface area (Å²) >= 11 is 9.96. The summed E-state index contributed by atoms with van der Waals surface area (Å²) in [4.78, 5) is 2.54. The third-order valence-corrected chi connectivity index (χ3v) is 5.32. The zero-order valence-corrected chi connectivity index (χ0v) is 12.8. The fourth-order valence-electron chi connectivity index (χ4n) is 3.45. The van der Waals surface area contributed by atoms with Gasteiger partial charge in [-0.15, -0.1) is 0 Å². The van der Waals surface area contributed by atoms with E-state index in [-0.39, 0.29) is 0 Å². The number of nitrogens with zero attached hydrogens (tertiary/aromatic N) is 1. The van der Waals surface area contributed by atoms with Crippen LogP contribution in [0.4, 0.5) is 5.69 Å². The van der Waals surface area contributed by atoms with Crippen molar-refractivity contribution < 1.29 is 0 Å². The first-order chi connectivity index (χ1) is 8.56. The van der Waals surface area contributed by atoms with Crippen molar-refractivity contribution in [2.75, 3.05) is 4.90 Å². The lowest BCUT2D eigenvalue weighted by molar-refractivity contribution is 0.414. The van der Waals surface area contributed by atoms with Crippen LogP contribution in [0.15, 0.2) is 16.6 Å². The van der Waals surface area contributed by atoms with Gasteiger partial charge in [0, 0.05) is 27.6 Å². The summed E-state index contributed by atoms with van der Waals surface area (Å²) in [6, 6.07) is 5.77. The summed E-state index contributed by atoms with van der Waals surface area (Å²) in [6.45, 7) is 2.04. The van der Waals surface area contributed by atoms with Gasteiger partial charge in [0.25, 0.3) is 0 Å². The monoisotopic (exact) mass is 328 g/mol. The Kier molecular flexibility index (Phi) is 3.33. The van der Waals surface area contributed by atoms with Crippen LogP contribution in [0.1, 0.15) is 31.2 Å². The molecular weight excluding hydrogens is 312 g/mol. The number of hydrogen-bond acceptors (Lipinski definition) is 2. The first-order valence-corrected chi connectivity index (χ1v) is 7.73. The smallest absolute Gasteiger partial charge is 0.0530 e. The molecule has 0 spiro atoms. The Morgan fingerprint density at radius 3 is 2.50 bits per heavy atom. The molecule has 0 aliphatic carbocycles. The van der Waals surface area contributed by atoms with E-state index in [2.05, 4.69) is 33.0 Å².